The summed E-state index contributed by atoms with van der Waals surface area (Å²) >= 11 is 0. The summed E-state index contributed by atoms with van der Waals surface area (Å²) < 4.78 is 0. The predicted molar refractivity (Wildman–Crippen MR) is 77.1 cm³/mol. The molecule has 1 aliphatic rings. The maximum atomic E-state index is 5.92. The smallest absolute Gasteiger partial charge is 0.191 e. The summed E-state index contributed by atoms with van der Waals surface area (Å²) in [6.45, 7) is 8.80. The quantitative estimate of drug-likeness (QED) is 0.634. The predicted octanol–water partition coefficient (Wildman–Crippen LogP) is 1.45. The van der Waals surface area contributed by atoms with E-state index in [4.69, 9.17) is 5.73 Å². The van der Waals surface area contributed by atoms with Gasteiger partial charge in [0.2, 0.25) is 0 Å². The molecular weight excluding hydrogens is 224 g/mol. The zero-order valence-corrected chi connectivity index (χ0v) is 11.3. The molecule has 98 valence electrons. The molecule has 18 heavy (non-hydrogen) atoms. The Balaban J connectivity index is 1.96. The largest absolute Gasteiger partial charge is 0.370 e. The van der Waals surface area contributed by atoms with E-state index in [1.54, 1.807) is 0 Å². The maximum Gasteiger partial charge on any atom is 0.191 e. The molecule has 0 unspecified atom stereocenters. The van der Waals surface area contributed by atoms with Crippen molar-refractivity contribution < 1.29 is 0 Å². The van der Waals surface area contributed by atoms with Gasteiger partial charge in [0.05, 0.1) is 0 Å². The van der Waals surface area contributed by atoms with Gasteiger partial charge in [0.15, 0.2) is 5.96 Å². The van der Waals surface area contributed by atoms with Gasteiger partial charge in [-0.1, -0.05) is 12.1 Å². The van der Waals surface area contributed by atoms with Crippen LogP contribution < -0.4 is 10.6 Å². The van der Waals surface area contributed by atoms with E-state index in [1.807, 2.05) is 6.92 Å². The SMILES string of the molecule is CCN=C(N)N1CCN(c2cccc(C)c2)CC1. The Morgan fingerprint density at radius 1 is 1.28 bits per heavy atom. The lowest BCUT2D eigenvalue weighted by Gasteiger charge is -2.36. The Bertz CT molecular complexity index is 420. The average Bonchev–Trinajstić information content (AvgIpc) is 2.39. The topological polar surface area (TPSA) is 44.9 Å². The lowest BCUT2D eigenvalue weighted by atomic mass is 10.2. The summed E-state index contributed by atoms with van der Waals surface area (Å²) in [6, 6.07) is 8.65. The van der Waals surface area contributed by atoms with Gasteiger partial charge in [-0.2, -0.15) is 0 Å². The van der Waals surface area contributed by atoms with Gasteiger partial charge in [0.25, 0.3) is 0 Å². The molecule has 0 amide bonds. The van der Waals surface area contributed by atoms with Gasteiger partial charge < -0.3 is 15.5 Å². The molecule has 1 aromatic carbocycles. The van der Waals surface area contributed by atoms with Crippen molar-refractivity contribution in [1.29, 1.82) is 0 Å². The second-order valence-electron chi connectivity index (χ2n) is 4.65. The molecular formula is C14H22N4. The maximum absolute atomic E-state index is 5.92. The van der Waals surface area contributed by atoms with Crippen LogP contribution in [-0.2, 0) is 0 Å². The second kappa shape index (κ2) is 5.76. The first-order valence-corrected chi connectivity index (χ1v) is 6.57. The first kappa shape index (κ1) is 12.7. The van der Waals surface area contributed by atoms with Gasteiger partial charge in [-0.3, -0.25) is 4.99 Å². The molecule has 0 saturated carbocycles. The van der Waals surface area contributed by atoms with Crippen molar-refractivity contribution in [3.63, 3.8) is 0 Å². The standard InChI is InChI=1S/C14H22N4/c1-3-16-14(15)18-9-7-17(8-10-18)13-6-4-5-12(2)11-13/h4-6,11H,3,7-10H2,1-2H3,(H2,15,16). The van der Waals surface area contributed by atoms with E-state index < -0.39 is 0 Å². The minimum absolute atomic E-state index is 0.682. The van der Waals surface area contributed by atoms with Crippen LogP contribution in [0.1, 0.15) is 12.5 Å². The minimum Gasteiger partial charge on any atom is -0.370 e. The third kappa shape index (κ3) is 2.94. The number of nitrogens with two attached hydrogens (primary N) is 1. The van der Waals surface area contributed by atoms with Crippen LogP contribution in [0.25, 0.3) is 0 Å². The average molecular weight is 246 g/mol. The van der Waals surface area contributed by atoms with E-state index in [0.29, 0.717) is 5.96 Å². The van der Waals surface area contributed by atoms with Crippen LogP contribution in [0.2, 0.25) is 0 Å². The number of aryl methyl sites for hydroxylation is 1. The fraction of sp³-hybridized carbons (Fsp3) is 0.500. The number of guanidine groups is 1. The van der Waals surface area contributed by atoms with E-state index in [-0.39, 0.29) is 0 Å². The zero-order valence-electron chi connectivity index (χ0n) is 11.3. The van der Waals surface area contributed by atoms with Crippen LogP contribution in [0.3, 0.4) is 0 Å². The van der Waals surface area contributed by atoms with Crippen molar-refractivity contribution in [2.45, 2.75) is 13.8 Å². The molecule has 0 spiro atoms. The highest BCUT2D eigenvalue weighted by atomic mass is 15.3. The number of anilines is 1. The van der Waals surface area contributed by atoms with Gasteiger partial charge in [-0.05, 0) is 31.5 Å². The molecule has 0 atom stereocenters. The lowest BCUT2D eigenvalue weighted by Crippen LogP contribution is -2.51. The first-order valence-electron chi connectivity index (χ1n) is 6.57. The van der Waals surface area contributed by atoms with Crippen LogP contribution in [0.4, 0.5) is 5.69 Å². The molecule has 0 bridgehead atoms. The van der Waals surface area contributed by atoms with E-state index >= 15 is 0 Å². The number of rotatable bonds is 2. The summed E-state index contributed by atoms with van der Waals surface area (Å²) in [5.74, 6) is 0.682. The summed E-state index contributed by atoms with van der Waals surface area (Å²) in [6.07, 6.45) is 0. The van der Waals surface area contributed by atoms with Crippen molar-refractivity contribution in [1.82, 2.24) is 4.90 Å². The molecule has 0 aromatic heterocycles. The van der Waals surface area contributed by atoms with Gasteiger partial charge in [-0.25, -0.2) is 0 Å². The lowest BCUT2D eigenvalue weighted by molar-refractivity contribution is 0.381. The molecule has 2 N–H and O–H groups in total. The third-order valence-electron chi connectivity index (χ3n) is 3.29. The molecule has 1 fully saturated rings. The van der Waals surface area contributed by atoms with Crippen molar-refractivity contribution in [3.05, 3.63) is 29.8 Å². The van der Waals surface area contributed by atoms with E-state index in [0.717, 1.165) is 32.7 Å². The monoisotopic (exact) mass is 246 g/mol. The Morgan fingerprint density at radius 3 is 2.61 bits per heavy atom. The number of aliphatic imine (C=N–C) groups is 1. The third-order valence-corrected chi connectivity index (χ3v) is 3.29. The molecule has 1 heterocycles. The Hall–Kier alpha value is -1.71. The molecule has 1 aromatic rings. The number of benzene rings is 1. The van der Waals surface area contributed by atoms with Crippen LogP contribution >= 0.6 is 0 Å². The first-order chi connectivity index (χ1) is 8.70. The van der Waals surface area contributed by atoms with Crippen molar-refractivity contribution in [3.8, 4) is 0 Å². The normalized spacial score (nSPS) is 17.1. The van der Waals surface area contributed by atoms with E-state index in [1.165, 1.54) is 11.3 Å². The minimum atomic E-state index is 0.682. The van der Waals surface area contributed by atoms with Gasteiger partial charge >= 0.3 is 0 Å². The summed E-state index contributed by atoms with van der Waals surface area (Å²) in [7, 11) is 0. The van der Waals surface area contributed by atoms with Crippen LogP contribution in [0, 0.1) is 6.92 Å². The number of hydrogen-bond donors (Lipinski definition) is 1. The van der Waals surface area contributed by atoms with Crippen molar-refractivity contribution in [2.24, 2.45) is 10.7 Å². The highest BCUT2D eigenvalue weighted by Crippen LogP contribution is 2.17. The Labute approximate surface area is 109 Å². The van der Waals surface area contributed by atoms with Crippen LogP contribution in [0.5, 0.6) is 0 Å². The molecule has 0 radical (unpaired) electrons. The summed E-state index contributed by atoms with van der Waals surface area (Å²) in [5.41, 5.74) is 8.54. The number of piperazine rings is 1. The Kier molecular flexibility index (Phi) is 4.07. The molecule has 0 aliphatic carbocycles. The fourth-order valence-electron chi connectivity index (χ4n) is 2.28. The Morgan fingerprint density at radius 2 is 2.00 bits per heavy atom. The van der Waals surface area contributed by atoms with Crippen LogP contribution in [-0.4, -0.2) is 43.6 Å². The summed E-state index contributed by atoms with van der Waals surface area (Å²) in [4.78, 5) is 8.83. The van der Waals surface area contributed by atoms with E-state index in [2.05, 4.69) is 46.0 Å². The van der Waals surface area contributed by atoms with Gasteiger partial charge in [0, 0.05) is 38.4 Å². The molecule has 4 heteroatoms. The number of nitrogens with zero attached hydrogens (tertiary/aromatic N) is 3. The van der Waals surface area contributed by atoms with Crippen LogP contribution in [0.15, 0.2) is 29.3 Å². The molecule has 1 saturated heterocycles. The molecule has 2 rings (SSSR count). The van der Waals surface area contributed by atoms with E-state index in [9.17, 15) is 0 Å². The molecule has 1 aliphatic heterocycles. The summed E-state index contributed by atoms with van der Waals surface area (Å²) in [5, 5.41) is 0. The fourth-order valence-corrected chi connectivity index (χ4v) is 2.28. The van der Waals surface area contributed by atoms with Gasteiger partial charge in [0.1, 0.15) is 0 Å². The van der Waals surface area contributed by atoms with Crippen molar-refractivity contribution >= 4 is 11.6 Å². The number of hydrogen-bond acceptors (Lipinski definition) is 2. The van der Waals surface area contributed by atoms with Crippen molar-refractivity contribution in [2.75, 3.05) is 37.6 Å². The van der Waals surface area contributed by atoms with Gasteiger partial charge in [-0.15, -0.1) is 0 Å². The highest BCUT2D eigenvalue weighted by molar-refractivity contribution is 5.78. The highest BCUT2D eigenvalue weighted by Gasteiger charge is 2.18. The zero-order chi connectivity index (χ0) is 13.0. The molecule has 4 nitrogen and oxygen atoms in total. The second-order valence-corrected chi connectivity index (χ2v) is 4.65.